The maximum atomic E-state index is 13.6. The summed E-state index contributed by atoms with van der Waals surface area (Å²) >= 11 is 0. The number of alkyl halides is 3. The molecule has 4 aromatic rings. The Bertz CT molecular complexity index is 1550. The zero-order chi connectivity index (χ0) is 26.6. The van der Waals surface area contributed by atoms with Crippen LogP contribution in [0.4, 0.5) is 35.3 Å². The Kier molecular flexibility index (Phi) is 5.59. The van der Waals surface area contributed by atoms with Crippen LogP contribution in [0.1, 0.15) is 23.4 Å². The van der Waals surface area contributed by atoms with E-state index in [2.05, 4.69) is 20.2 Å². The Labute approximate surface area is 216 Å². The number of nitrogens with one attached hydrogen (secondary N) is 1. The van der Waals surface area contributed by atoms with Crippen molar-refractivity contribution in [2.45, 2.75) is 32.5 Å². The Morgan fingerprint density at radius 1 is 1.11 bits per heavy atom. The van der Waals surface area contributed by atoms with Gasteiger partial charge in [0.15, 0.2) is 17.5 Å². The van der Waals surface area contributed by atoms with Crippen molar-refractivity contribution in [3.05, 3.63) is 71.9 Å². The molecule has 0 radical (unpaired) electrons. The quantitative estimate of drug-likeness (QED) is 0.353. The molecule has 11 heteroatoms. The lowest BCUT2D eigenvalue weighted by molar-refractivity contribution is -0.137. The Hall–Kier alpha value is -4.41. The van der Waals surface area contributed by atoms with Gasteiger partial charge in [0.05, 0.1) is 29.2 Å². The van der Waals surface area contributed by atoms with Crippen LogP contribution in [0.2, 0.25) is 0 Å². The first-order chi connectivity index (χ1) is 18.2. The largest absolute Gasteiger partial charge is 0.441 e. The average molecular weight is 521 g/mol. The van der Waals surface area contributed by atoms with E-state index in [-0.39, 0.29) is 6.04 Å². The van der Waals surface area contributed by atoms with E-state index in [1.165, 1.54) is 6.07 Å². The number of benzene rings is 1. The van der Waals surface area contributed by atoms with Crippen LogP contribution in [0, 0.1) is 13.8 Å². The molecule has 1 saturated heterocycles. The van der Waals surface area contributed by atoms with Gasteiger partial charge in [-0.3, -0.25) is 10.2 Å². The number of oxazole rings is 1. The maximum Gasteiger partial charge on any atom is 0.416 e. The fourth-order valence-corrected chi connectivity index (χ4v) is 5.12. The molecule has 1 aromatic carbocycles. The van der Waals surface area contributed by atoms with Gasteiger partial charge in [0.1, 0.15) is 5.82 Å². The fourth-order valence-electron chi connectivity index (χ4n) is 5.12. The highest BCUT2D eigenvalue weighted by Gasteiger charge is 2.41. The number of pyridine rings is 2. The number of hydrogen-bond donors (Lipinski definition) is 1. The van der Waals surface area contributed by atoms with Gasteiger partial charge in [0.25, 0.3) is 0 Å². The van der Waals surface area contributed by atoms with Gasteiger partial charge < -0.3 is 9.32 Å². The van der Waals surface area contributed by atoms with Crippen LogP contribution in [-0.4, -0.2) is 40.1 Å². The van der Waals surface area contributed by atoms with E-state index in [9.17, 15) is 18.0 Å². The number of aromatic nitrogens is 3. The zero-order valence-electron chi connectivity index (χ0n) is 20.6. The Balaban J connectivity index is 1.36. The van der Waals surface area contributed by atoms with E-state index in [0.29, 0.717) is 46.7 Å². The SMILES string of the molecule is Cc1ncc(-c2ccnc(NC(=O)N3c4nc(-c5cccc(C(F)(F)F)c5)cc(C)c4N4CC[C@H]3C4)c2)o1. The lowest BCUT2D eigenvalue weighted by Gasteiger charge is -2.36. The summed E-state index contributed by atoms with van der Waals surface area (Å²) in [7, 11) is 0. The topological polar surface area (TPSA) is 87.4 Å². The number of carbonyl (C=O) groups excluding carboxylic acids is 1. The highest BCUT2D eigenvalue weighted by Crippen LogP contribution is 2.43. The second kappa shape index (κ2) is 8.86. The van der Waals surface area contributed by atoms with Crippen LogP contribution in [0.5, 0.6) is 0 Å². The van der Waals surface area contributed by atoms with Crippen LogP contribution in [0.3, 0.4) is 0 Å². The number of amides is 2. The molecule has 6 rings (SSSR count). The Morgan fingerprint density at radius 3 is 2.71 bits per heavy atom. The first kappa shape index (κ1) is 24.0. The number of urea groups is 1. The molecule has 0 unspecified atom stereocenters. The second-order valence-electron chi connectivity index (χ2n) is 9.44. The van der Waals surface area contributed by atoms with E-state index in [1.54, 1.807) is 48.5 Å². The molecule has 38 heavy (non-hydrogen) atoms. The van der Waals surface area contributed by atoms with Crippen molar-refractivity contribution in [2.75, 3.05) is 28.2 Å². The molecular weight excluding hydrogens is 497 g/mol. The van der Waals surface area contributed by atoms with Gasteiger partial charge in [-0.05, 0) is 49.2 Å². The minimum atomic E-state index is -4.47. The van der Waals surface area contributed by atoms with Crippen LogP contribution < -0.4 is 15.1 Å². The number of nitrogens with zero attached hydrogens (tertiary/aromatic N) is 5. The summed E-state index contributed by atoms with van der Waals surface area (Å²) in [6, 6.07) is 9.74. The summed E-state index contributed by atoms with van der Waals surface area (Å²) in [5.41, 5.74) is 2.30. The number of anilines is 3. The second-order valence-corrected chi connectivity index (χ2v) is 9.44. The minimum absolute atomic E-state index is 0.133. The van der Waals surface area contributed by atoms with Gasteiger partial charge in [0, 0.05) is 37.3 Å². The molecule has 0 saturated carbocycles. The van der Waals surface area contributed by atoms with Gasteiger partial charge in [-0.2, -0.15) is 13.2 Å². The molecule has 1 atom stereocenters. The highest BCUT2D eigenvalue weighted by atomic mass is 19.4. The molecule has 8 nitrogen and oxygen atoms in total. The van der Waals surface area contributed by atoms with Gasteiger partial charge >= 0.3 is 12.2 Å². The predicted molar refractivity (Wildman–Crippen MR) is 136 cm³/mol. The van der Waals surface area contributed by atoms with Crippen LogP contribution in [-0.2, 0) is 6.18 Å². The van der Waals surface area contributed by atoms with Gasteiger partial charge in [0.2, 0.25) is 0 Å². The molecule has 0 spiro atoms. The summed E-state index contributed by atoms with van der Waals surface area (Å²) in [5.74, 6) is 1.83. The van der Waals surface area contributed by atoms with Crippen LogP contribution >= 0.6 is 0 Å². The van der Waals surface area contributed by atoms with E-state index >= 15 is 0 Å². The average Bonchev–Trinajstić information content (AvgIpc) is 3.50. The summed E-state index contributed by atoms with van der Waals surface area (Å²) in [6.07, 6.45) is -0.556. The van der Waals surface area contributed by atoms with Gasteiger partial charge in [-0.25, -0.2) is 19.7 Å². The van der Waals surface area contributed by atoms with Crippen molar-refractivity contribution in [3.63, 3.8) is 0 Å². The molecule has 1 fully saturated rings. The molecule has 2 bridgehead atoms. The molecule has 3 aromatic heterocycles. The monoisotopic (exact) mass is 520 g/mol. The van der Waals surface area contributed by atoms with E-state index in [0.717, 1.165) is 36.3 Å². The molecule has 2 aliphatic heterocycles. The number of fused-ring (bicyclic) bond motifs is 4. The molecule has 2 aliphatic rings. The van der Waals surface area contributed by atoms with Crippen molar-refractivity contribution in [3.8, 4) is 22.6 Å². The summed E-state index contributed by atoms with van der Waals surface area (Å²) in [4.78, 5) is 30.6. The maximum absolute atomic E-state index is 13.6. The molecular formula is C27H23F3N6O2. The summed E-state index contributed by atoms with van der Waals surface area (Å²) in [6.45, 7) is 5.04. The fraction of sp³-hybridized carbons (Fsp3) is 0.259. The molecule has 5 heterocycles. The molecule has 0 aliphatic carbocycles. The van der Waals surface area contributed by atoms with Crippen molar-refractivity contribution < 1.29 is 22.4 Å². The number of carbonyl (C=O) groups is 1. The Morgan fingerprint density at radius 2 is 1.95 bits per heavy atom. The lowest BCUT2D eigenvalue weighted by atomic mass is 10.0. The third kappa shape index (κ3) is 4.23. The number of rotatable bonds is 3. The van der Waals surface area contributed by atoms with Crippen molar-refractivity contribution in [1.29, 1.82) is 0 Å². The van der Waals surface area contributed by atoms with Crippen LogP contribution in [0.15, 0.2) is 59.3 Å². The van der Waals surface area contributed by atoms with E-state index < -0.39 is 17.8 Å². The minimum Gasteiger partial charge on any atom is -0.441 e. The molecule has 2 amide bonds. The molecule has 194 valence electrons. The summed E-state index contributed by atoms with van der Waals surface area (Å²) < 4.78 is 45.7. The highest BCUT2D eigenvalue weighted by molar-refractivity contribution is 6.05. The van der Waals surface area contributed by atoms with Gasteiger partial charge in [-0.15, -0.1) is 0 Å². The number of aryl methyl sites for hydroxylation is 2. The normalized spacial score (nSPS) is 16.5. The van der Waals surface area contributed by atoms with E-state index in [4.69, 9.17) is 9.40 Å². The lowest BCUT2D eigenvalue weighted by Crippen LogP contribution is -2.48. The standard InChI is InChI=1S/C27H23F3N6O2/c1-15-10-21(17-4-3-5-19(11-17)27(28,29)30)33-25-24(15)35-9-7-20(14-35)36(25)26(37)34-23-12-18(6-8-31-23)22-13-32-16(2)38-22/h3-6,8,10-13,20H,7,9,14H2,1-2H3,(H,31,34,37)/t20-/m0/s1. The number of hydrogen-bond acceptors (Lipinski definition) is 6. The zero-order valence-corrected chi connectivity index (χ0v) is 20.6. The third-order valence-electron chi connectivity index (χ3n) is 6.84. The van der Waals surface area contributed by atoms with Crippen molar-refractivity contribution in [2.24, 2.45) is 0 Å². The first-order valence-corrected chi connectivity index (χ1v) is 12.1. The summed E-state index contributed by atoms with van der Waals surface area (Å²) in [5, 5.41) is 2.87. The molecule has 1 N–H and O–H groups in total. The third-order valence-corrected chi connectivity index (χ3v) is 6.84. The van der Waals surface area contributed by atoms with Crippen molar-refractivity contribution in [1.82, 2.24) is 15.0 Å². The smallest absolute Gasteiger partial charge is 0.416 e. The number of halogens is 3. The van der Waals surface area contributed by atoms with E-state index in [1.807, 2.05) is 6.92 Å². The first-order valence-electron chi connectivity index (χ1n) is 12.1. The van der Waals surface area contributed by atoms with Crippen molar-refractivity contribution >= 4 is 23.4 Å². The van der Waals surface area contributed by atoms with Gasteiger partial charge in [-0.1, -0.05) is 12.1 Å². The van der Waals surface area contributed by atoms with Crippen LogP contribution in [0.25, 0.3) is 22.6 Å². The predicted octanol–water partition coefficient (Wildman–Crippen LogP) is 6.07.